The maximum absolute atomic E-state index is 11.1. The first-order valence-electron chi connectivity index (χ1n) is 3.71. The molecule has 0 fully saturated rings. The highest BCUT2D eigenvalue weighted by molar-refractivity contribution is 6.00. The van der Waals surface area contributed by atoms with Crippen molar-refractivity contribution >= 4 is 18.3 Å². The van der Waals surface area contributed by atoms with E-state index in [0.717, 1.165) is 0 Å². The lowest BCUT2D eigenvalue weighted by atomic mass is 10.1. The molecule has 0 bridgehead atoms. The van der Waals surface area contributed by atoms with Crippen LogP contribution in [-0.4, -0.2) is 19.2 Å². The van der Waals surface area contributed by atoms with Crippen LogP contribution in [0.3, 0.4) is 0 Å². The van der Waals surface area contributed by atoms with Crippen LogP contribution in [0.2, 0.25) is 0 Å². The number of nitrogens with zero attached hydrogens (tertiary/aromatic N) is 1. The predicted molar refractivity (Wildman–Crippen MR) is 48.6 cm³/mol. The van der Waals surface area contributed by atoms with Gasteiger partial charge in [-0.3, -0.25) is 19.4 Å². The van der Waals surface area contributed by atoms with Gasteiger partial charge in [0, 0.05) is 6.54 Å². The van der Waals surface area contributed by atoms with Gasteiger partial charge in [0.05, 0.1) is 0 Å². The Bertz CT molecular complexity index is 427. The Hall–Kier alpha value is -1.78. The smallest absolute Gasteiger partial charge is 0.257 e. The molecule has 1 rings (SSSR count). The van der Waals surface area contributed by atoms with Gasteiger partial charge in [-0.25, -0.2) is 0 Å². The van der Waals surface area contributed by atoms with Crippen molar-refractivity contribution in [3.8, 4) is 0 Å². The highest BCUT2D eigenvalue weighted by Crippen LogP contribution is 2.09. The van der Waals surface area contributed by atoms with E-state index in [1.807, 2.05) is 0 Å². The number of amides is 1. The van der Waals surface area contributed by atoms with Gasteiger partial charge < -0.3 is 5.32 Å². The van der Waals surface area contributed by atoms with Crippen LogP contribution >= 0.6 is 0 Å². The number of hydrogen-bond acceptors (Lipinski definition) is 4. The van der Waals surface area contributed by atoms with Crippen LogP contribution in [0, 0.1) is 0 Å². The third-order valence-electron chi connectivity index (χ3n) is 1.61. The summed E-state index contributed by atoms with van der Waals surface area (Å²) in [7, 11) is 0. The molecule has 0 spiro atoms. The third kappa shape index (κ3) is 1.28. The van der Waals surface area contributed by atoms with E-state index >= 15 is 0 Å². The van der Waals surface area contributed by atoms with Crippen LogP contribution in [0.5, 0.6) is 0 Å². The van der Waals surface area contributed by atoms with Crippen molar-refractivity contribution in [2.75, 3.05) is 6.54 Å². The Morgan fingerprint density at radius 2 is 2.08 bits per heavy atom. The first-order chi connectivity index (χ1) is 6.13. The van der Waals surface area contributed by atoms with Gasteiger partial charge in [0.15, 0.2) is 0 Å². The highest BCUT2D eigenvalue weighted by atomic mass is 16.2. The Morgan fingerprint density at radius 1 is 1.46 bits per heavy atom. The van der Waals surface area contributed by atoms with Crippen LogP contribution in [-0.2, 0) is 0 Å². The molecule has 13 heavy (non-hydrogen) atoms. The monoisotopic (exact) mass is 180 g/mol. The number of aliphatic imine (C=N–C) groups is 1. The summed E-state index contributed by atoms with van der Waals surface area (Å²) in [4.78, 5) is 36.1. The first kappa shape index (κ1) is 9.31. The molecule has 0 aliphatic carbocycles. The zero-order valence-corrected chi connectivity index (χ0v) is 7.09. The lowest BCUT2D eigenvalue weighted by Gasteiger charge is -2.05. The molecule has 0 radical (unpaired) electrons. The number of carbonyl (C=O) groups is 1. The number of carbonyl (C=O) groups excluding carboxylic acids is 1. The van der Waals surface area contributed by atoms with E-state index in [4.69, 9.17) is 0 Å². The minimum Gasteiger partial charge on any atom is -0.352 e. The van der Waals surface area contributed by atoms with E-state index in [2.05, 4.69) is 17.0 Å². The van der Waals surface area contributed by atoms with Crippen molar-refractivity contribution in [3.63, 3.8) is 0 Å². The van der Waals surface area contributed by atoms with Gasteiger partial charge in [-0.1, -0.05) is 0 Å². The maximum Gasteiger partial charge on any atom is 0.257 e. The van der Waals surface area contributed by atoms with E-state index in [-0.39, 0.29) is 11.3 Å². The van der Waals surface area contributed by atoms with Crippen molar-refractivity contribution in [2.24, 2.45) is 4.99 Å². The molecule has 5 heteroatoms. The fourth-order valence-electron chi connectivity index (χ4n) is 0.990. The molecule has 0 saturated carbocycles. The summed E-state index contributed by atoms with van der Waals surface area (Å²) in [6.07, 6.45) is 0. The summed E-state index contributed by atoms with van der Waals surface area (Å²) in [5, 5.41) is 2.41. The molecule has 1 aromatic rings. The topological polar surface area (TPSA) is 75.6 Å². The van der Waals surface area contributed by atoms with Crippen molar-refractivity contribution in [1.82, 2.24) is 5.32 Å². The molecular weight excluding hydrogens is 172 g/mol. The van der Waals surface area contributed by atoms with Crippen molar-refractivity contribution in [2.45, 2.75) is 6.92 Å². The molecule has 68 valence electrons. The number of nitrogens with one attached hydrogen (secondary N) is 1. The minimum absolute atomic E-state index is 0.129. The summed E-state index contributed by atoms with van der Waals surface area (Å²) < 4.78 is 0. The molecule has 0 aliphatic rings. The second kappa shape index (κ2) is 3.30. The lowest BCUT2D eigenvalue weighted by molar-refractivity contribution is 0.0954. The first-order valence-corrected chi connectivity index (χ1v) is 3.71. The molecule has 1 aromatic carbocycles. The SMILES string of the molecule is C=Nc1c(C(=O)NCC)c(=O)c1=O. The molecule has 0 unspecified atom stereocenters. The zero-order valence-electron chi connectivity index (χ0n) is 7.09. The molecular formula is C8H8N2O3. The van der Waals surface area contributed by atoms with Gasteiger partial charge in [0.25, 0.3) is 11.3 Å². The summed E-state index contributed by atoms with van der Waals surface area (Å²) in [5.74, 6) is -0.561. The molecule has 1 amide bonds. The fourth-order valence-corrected chi connectivity index (χ4v) is 0.990. The molecule has 1 N–H and O–H groups in total. The normalized spacial score (nSPS) is 9.92. The van der Waals surface area contributed by atoms with Crippen molar-refractivity contribution in [1.29, 1.82) is 0 Å². The Kier molecular flexibility index (Phi) is 2.36. The number of rotatable bonds is 3. The minimum atomic E-state index is -0.784. The quantitative estimate of drug-likeness (QED) is 0.496. The van der Waals surface area contributed by atoms with Crippen LogP contribution < -0.4 is 16.2 Å². The summed E-state index contributed by atoms with van der Waals surface area (Å²) >= 11 is 0. The molecule has 0 heterocycles. The fraction of sp³-hybridized carbons (Fsp3) is 0.250. The Labute approximate surface area is 73.8 Å². The van der Waals surface area contributed by atoms with Gasteiger partial charge in [0.2, 0.25) is 5.43 Å². The molecule has 0 atom stereocenters. The van der Waals surface area contributed by atoms with Gasteiger partial charge in [0.1, 0.15) is 11.3 Å². The molecule has 5 nitrogen and oxygen atoms in total. The Balaban J connectivity index is 3.10. The second-order valence-electron chi connectivity index (χ2n) is 2.40. The Morgan fingerprint density at radius 3 is 2.54 bits per heavy atom. The summed E-state index contributed by atoms with van der Waals surface area (Å²) in [5.41, 5.74) is -1.83. The largest absolute Gasteiger partial charge is 0.352 e. The average molecular weight is 180 g/mol. The van der Waals surface area contributed by atoms with E-state index < -0.39 is 16.8 Å². The van der Waals surface area contributed by atoms with Gasteiger partial charge >= 0.3 is 0 Å². The van der Waals surface area contributed by atoms with E-state index in [0.29, 0.717) is 6.54 Å². The average Bonchev–Trinajstić information content (AvgIpc) is 2.12. The predicted octanol–water partition coefficient (Wildman–Crippen LogP) is -0.636. The molecule has 0 aromatic heterocycles. The summed E-state index contributed by atoms with van der Waals surface area (Å²) in [6, 6.07) is 0. The van der Waals surface area contributed by atoms with E-state index in [9.17, 15) is 14.4 Å². The van der Waals surface area contributed by atoms with Crippen LogP contribution in [0.15, 0.2) is 14.6 Å². The van der Waals surface area contributed by atoms with E-state index in [1.54, 1.807) is 6.92 Å². The van der Waals surface area contributed by atoms with Gasteiger partial charge in [-0.15, -0.1) is 0 Å². The molecule has 0 aliphatic heterocycles. The van der Waals surface area contributed by atoms with Gasteiger partial charge in [-0.2, -0.15) is 0 Å². The zero-order chi connectivity index (χ0) is 10.0. The lowest BCUT2D eigenvalue weighted by Crippen LogP contribution is -2.41. The highest BCUT2D eigenvalue weighted by Gasteiger charge is 2.25. The van der Waals surface area contributed by atoms with Crippen LogP contribution in [0.25, 0.3) is 0 Å². The van der Waals surface area contributed by atoms with Gasteiger partial charge in [-0.05, 0) is 13.6 Å². The third-order valence-corrected chi connectivity index (χ3v) is 1.61. The van der Waals surface area contributed by atoms with Crippen molar-refractivity contribution in [3.05, 3.63) is 26.0 Å². The van der Waals surface area contributed by atoms with Crippen LogP contribution in [0.4, 0.5) is 5.69 Å². The second-order valence-corrected chi connectivity index (χ2v) is 2.40. The van der Waals surface area contributed by atoms with E-state index in [1.165, 1.54) is 0 Å². The summed E-state index contributed by atoms with van der Waals surface area (Å²) in [6.45, 7) is 5.21. The van der Waals surface area contributed by atoms with Crippen LogP contribution in [0.1, 0.15) is 17.3 Å². The number of hydrogen-bond donors (Lipinski definition) is 1. The molecule has 0 saturated heterocycles. The maximum atomic E-state index is 11.1. The van der Waals surface area contributed by atoms with Crippen molar-refractivity contribution < 1.29 is 4.79 Å². The standard InChI is InChI=1S/C8H8N2O3/c1-3-10-8(13)4-5(9-2)7(12)6(4)11/h2-3H2,1H3,(H,10,13).